The van der Waals surface area contributed by atoms with Crippen LogP contribution in [0.4, 0.5) is 0 Å². The molecule has 9 heteroatoms. The van der Waals surface area contributed by atoms with Crippen molar-refractivity contribution in [3.05, 3.63) is 23.8 Å². The molecule has 0 bridgehead atoms. The first-order valence-electron chi connectivity index (χ1n) is 5.84. The van der Waals surface area contributed by atoms with Crippen molar-refractivity contribution < 1.29 is 22.2 Å². The molecule has 8 nitrogen and oxygen atoms in total. The minimum absolute atomic E-state index is 0.238. The first kappa shape index (κ1) is 14.5. The standard InChI is InChI=1S/C11H13N3O5S/c1-20(17,18)19-6-7-4-12-5-9(13-7)8-2-3-10(15)14-11(8)16/h4-5,8H,2-3,6H2,1H3,(H,14,15,16). The van der Waals surface area contributed by atoms with Gasteiger partial charge in [0.25, 0.3) is 10.1 Å². The van der Waals surface area contributed by atoms with E-state index in [4.69, 9.17) is 0 Å². The molecule has 0 saturated carbocycles. The molecule has 1 aliphatic heterocycles. The van der Waals surface area contributed by atoms with Crippen LogP contribution in [0.15, 0.2) is 12.4 Å². The van der Waals surface area contributed by atoms with Gasteiger partial charge in [0.15, 0.2) is 0 Å². The fourth-order valence-electron chi connectivity index (χ4n) is 1.80. The average molecular weight is 299 g/mol. The van der Waals surface area contributed by atoms with E-state index in [0.717, 1.165) is 6.26 Å². The van der Waals surface area contributed by atoms with Crippen molar-refractivity contribution >= 4 is 21.9 Å². The number of amides is 2. The molecule has 2 rings (SSSR count). The molecule has 1 aromatic rings. The van der Waals surface area contributed by atoms with Crippen molar-refractivity contribution in [2.24, 2.45) is 0 Å². The second kappa shape index (κ2) is 5.63. The van der Waals surface area contributed by atoms with Gasteiger partial charge in [-0.05, 0) is 6.42 Å². The van der Waals surface area contributed by atoms with Crippen LogP contribution in [-0.2, 0) is 30.5 Å². The third-order valence-corrected chi connectivity index (χ3v) is 3.27. The smallest absolute Gasteiger partial charge is 0.264 e. The second-order valence-electron chi connectivity index (χ2n) is 4.41. The molecule has 0 spiro atoms. The highest BCUT2D eigenvalue weighted by Gasteiger charge is 2.29. The maximum Gasteiger partial charge on any atom is 0.264 e. The van der Waals surface area contributed by atoms with Crippen LogP contribution >= 0.6 is 0 Å². The summed E-state index contributed by atoms with van der Waals surface area (Å²) in [6.45, 7) is -0.243. The molecule has 1 atom stereocenters. The van der Waals surface area contributed by atoms with E-state index < -0.39 is 21.9 Å². The van der Waals surface area contributed by atoms with Gasteiger partial charge in [0.1, 0.15) is 6.61 Å². The summed E-state index contributed by atoms with van der Waals surface area (Å²) in [4.78, 5) is 30.8. The molecule has 1 aliphatic rings. The third kappa shape index (κ3) is 3.81. The summed E-state index contributed by atoms with van der Waals surface area (Å²) in [6, 6.07) is 0. The molecular formula is C11H13N3O5S. The minimum atomic E-state index is -3.57. The summed E-state index contributed by atoms with van der Waals surface area (Å²) in [7, 11) is -3.57. The van der Waals surface area contributed by atoms with Gasteiger partial charge in [-0.2, -0.15) is 8.42 Å². The molecule has 1 N–H and O–H groups in total. The van der Waals surface area contributed by atoms with Gasteiger partial charge in [0.05, 0.1) is 29.8 Å². The monoisotopic (exact) mass is 299 g/mol. The first-order chi connectivity index (χ1) is 9.35. The van der Waals surface area contributed by atoms with E-state index in [1.54, 1.807) is 0 Å². The SMILES string of the molecule is CS(=O)(=O)OCc1cncc(C2CCC(=O)NC2=O)n1. The Kier molecular flexibility index (Phi) is 4.09. The summed E-state index contributed by atoms with van der Waals surface area (Å²) >= 11 is 0. The van der Waals surface area contributed by atoms with Crippen molar-refractivity contribution in [2.75, 3.05) is 6.26 Å². The van der Waals surface area contributed by atoms with Crippen molar-refractivity contribution in [2.45, 2.75) is 25.4 Å². The van der Waals surface area contributed by atoms with Crippen LogP contribution < -0.4 is 5.32 Å². The van der Waals surface area contributed by atoms with Crippen LogP contribution in [0.25, 0.3) is 0 Å². The van der Waals surface area contributed by atoms with Crippen molar-refractivity contribution in [1.82, 2.24) is 15.3 Å². The highest BCUT2D eigenvalue weighted by atomic mass is 32.2. The molecule has 20 heavy (non-hydrogen) atoms. The number of nitrogens with zero attached hydrogens (tertiary/aromatic N) is 2. The second-order valence-corrected chi connectivity index (χ2v) is 6.05. The first-order valence-corrected chi connectivity index (χ1v) is 7.66. The number of carbonyl (C=O) groups excluding carboxylic acids is 2. The third-order valence-electron chi connectivity index (χ3n) is 2.72. The Morgan fingerprint density at radius 2 is 2.15 bits per heavy atom. The lowest BCUT2D eigenvalue weighted by molar-refractivity contribution is -0.134. The highest BCUT2D eigenvalue weighted by Crippen LogP contribution is 2.22. The molecule has 0 aliphatic carbocycles. The lowest BCUT2D eigenvalue weighted by atomic mass is 9.95. The fraction of sp³-hybridized carbons (Fsp3) is 0.455. The van der Waals surface area contributed by atoms with Crippen LogP contribution in [0.5, 0.6) is 0 Å². The zero-order chi connectivity index (χ0) is 14.8. The lowest BCUT2D eigenvalue weighted by Gasteiger charge is -2.20. The van der Waals surface area contributed by atoms with Gasteiger partial charge in [0.2, 0.25) is 11.8 Å². The Morgan fingerprint density at radius 3 is 2.80 bits per heavy atom. The van der Waals surface area contributed by atoms with Gasteiger partial charge in [-0.1, -0.05) is 0 Å². The maximum absolute atomic E-state index is 11.7. The molecule has 1 unspecified atom stereocenters. The van der Waals surface area contributed by atoms with E-state index in [-0.39, 0.29) is 18.9 Å². The number of aromatic nitrogens is 2. The summed E-state index contributed by atoms with van der Waals surface area (Å²) < 4.78 is 26.4. The topological polar surface area (TPSA) is 115 Å². The van der Waals surface area contributed by atoms with Gasteiger partial charge < -0.3 is 0 Å². The maximum atomic E-state index is 11.7. The Bertz CT molecular complexity index is 643. The van der Waals surface area contributed by atoms with E-state index >= 15 is 0 Å². The molecule has 1 saturated heterocycles. The van der Waals surface area contributed by atoms with Crippen LogP contribution in [0.2, 0.25) is 0 Å². The molecule has 2 amide bonds. The van der Waals surface area contributed by atoms with Crippen molar-refractivity contribution in [3.63, 3.8) is 0 Å². The summed E-state index contributed by atoms with van der Waals surface area (Å²) in [5.74, 6) is -1.29. The van der Waals surface area contributed by atoms with Crippen molar-refractivity contribution in [3.8, 4) is 0 Å². The van der Waals surface area contributed by atoms with Crippen molar-refractivity contribution in [1.29, 1.82) is 0 Å². The van der Waals surface area contributed by atoms with E-state index in [9.17, 15) is 18.0 Å². The molecule has 2 heterocycles. The predicted molar refractivity (Wildman–Crippen MR) is 66.8 cm³/mol. The zero-order valence-corrected chi connectivity index (χ0v) is 11.5. The molecule has 0 aromatic carbocycles. The Balaban J connectivity index is 2.13. The van der Waals surface area contributed by atoms with E-state index in [1.165, 1.54) is 12.4 Å². The molecular weight excluding hydrogens is 286 g/mol. The number of hydrogen-bond acceptors (Lipinski definition) is 7. The fourth-order valence-corrected chi connectivity index (χ4v) is 2.14. The molecule has 1 fully saturated rings. The van der Waals surface area contributed by atoms with E-state index in [2.05, 4.69) is 19.5 Å². The minimum Gasteiger partial charge on any atom is -0.296 e. The zero-order valence-electron chi connectivity index (χ0n) is 10.7. The largest absolute Gasteiger partial charge is 0.296 e. The number of piperidine rings is 1. The Hall–Kier alpha value is -1.87. The normalized spacial score (nSPS) is 19.8. The number of hydrogen-bond donors (Lipinski definition) is 1. The van der Waals surface area contributed by atoms with Gasteiger partial charge >= 0.3 is 0 Å². The average Bonchev–Trinajstić information content (AvgIpc) is 2.36. The molecule has 0 radical (unpaired) electrons. The summed E-state index contributed by atoms with van der Waals surface area (Å²) in [5.41, 5.74) is 0.697. The van der Waals surface area contributed by atoms with E-state index in [0.29, 0.717) is 17.8 Å². The number of imide groups is 1. The van der Waals surface area contributed by atoms with Gasteiger partial charge in [-0.15, -0.1) is 0 Å². The number of rotatable bonds is 4. The van der Waals surface area contributed by atoms with E-state index in [1.807, 2.05) is 0 Å². The predicted octanol–water partition coefficient (Wildman–Crippen LogP) is -0.527. The number of nitrogens with one attached hydrogen (secondary N) is 1. The number of carbonyl (C=O) groups is 2. The van der Waals surface area contributed by atoms with Crippen LogP contribution in [0.1, 0.15) is 30.1 Å². The van der Waals surface area contributed by atoms with Crippen LogP contribution in [0, 0.1) is 0 Å². The van der Waals surface area contributed by atoms with Gasteiger partial charge in [0, 0.05) is 12.6 Å². The Morgan fingerprint density at radius 1 is 1.40 bits per heavy atom. The molecule has 1 aromatic heterocycles. The summed E-state index contributed by atoms with van der Waals surface area (Å²) in [6.07, 6.45) is 4.31. The van der Waals surface area contributed by atoms with Gasteiger partial charge in [-0.3, -0.25) is 29.1 Å². The summed E-state index contributed by atoms with van der Waals surface area (Å²) in [5, 5.41) is 2.23. The van der Waals surface area contributed by atoms with Gasteiger partial charge in [-0.25, -0.2) is 0 Å². The molecule has 108 valence electrons. The lowest BCUT2D eigenvalue weighted by Crippen LogP contribution is -2.39. The quantitative estimate of drug-likeness (QED) is 0.587. The highest BCUT2D eigenvalue weighted by molar-refractivity contribution is 7.85. The van der Waals surface area contributed by atoms with Crippen LogP contribution in [0.3, 0.4) is 0 Å². The Labute approximate surface area is 115 Å². The van der Waals surface area contributed by atoms with Crippen LogP contribution in [-0.4, -0.2) is 36.5 Å².